The molecule has 8 heteroatoms. The van der Waals surface area contributed by atoms with Gasteiger partial charge in [0.2, 0.25) is 0 Å². The molecule has 0 aromatic rings. The molecule has 0 saturated carbocycles. The Morgan fingerprint density at radius 1 is 0.491 bits per heavy atom. The standard InChI is InChI=1S/C43H86NO5.C2H4O2/c1-5-7-9-11-13-15-17-19-21-23-25-27-29-31-33-35-41(46)48-43(37-38-44(3,4)39-40-45)49-42(47)36-34-32-30-28-26-24-22-20-18-16-14-12-10-8-6-2;1-2(3)4/h43,45H,5-40H2,1-4H3;1H3,(H,3,4)/q+1;/p-1. The number of ether oxygens (including phenoxy) is 2. The maximum absolute atomic E-state index is 12.7. The lowest BCUT2D eigenvalue weighted by atomic mass is 10.0. The predicted molar refractivity (Wildman–Crippen MR) is 219 cm³/mol. The smallest absolute Gasteiger partial charge is 0.308 e. The first-order valence-corrected chi connectivity index (χ1v) is 22.6. The predicted octanol–water partition coefficient (Wildman–Crippen LogP) is 11.1. The first kappa shape index (κ1) is 53.4. The van der Waals surface area contributed by atoms with Gasteiger partial charge in [-0.25, -0.2) is 0 Å². The summed E-state index contributed by atoms with van der Waals surface area (Å²) in [5, 5.41) is 18.3. The second kappa shape index (κ2) is 41.5. The Labute approximate surface area is 328 Å². The quantitative estimate of drug-likeness (QED) is 0.0287. The molecule has 0 spiro atoms. The number of aliphatic hydroxyl groups is 1. The molecule has 0 aliphatic carbocycles. The Morgan fingerprint density at radius 2 is 0.736 bits per heavy atom. The van der Waals surface area contributed by atoms with Crippen LogP contribution in [0.4, 0.5) is 0 Å². The Bertz CT molecular complexity index is 752. The van der Waals surface area contributed by atoms with Crippen molar-refractivity contribution in [2.75, 3.05) is 33.8 Å². The first-order chi connectivity index (χ1) is 25.6. The average Bonchev–Trinajstić information content (AvgIpc) is 3.10. The maximum atomic E-state index is 12.7. The summed E-state index contributed by atoms with van der Waals surface area (Å²) in [7, 11) is 4.06. The SMILES string of the molecule is CC(=O)[O-].CCCCCCCCCCCCCCCCCC(=O)OC(CC[N+](C)(C)CCO)OC(=O)CCCCCCCCCCCCCCCCC. The summed E-state index contributed by atoms with van der Waals surface area (Å²) in [5.41, 5.74) is 0. The number of quaternary nitrogens is 1. The molecule has 0 atom stereocenters. The van der Waals surface area contributed by atoms with Crippen molar-refractivity contribution in [2.24, 2.45) is 0 Å². The number of rotatable bonds is 39. The number of nitrogens with zero attached hydrogens (tertiary/aromatic N) is 1. The first-order valence-electron chi connectivity index (χ1n) is 22.6. The van der Waals surface area contributed by atoms with Crippen molar-refractivity contribution < 1.29 is 38.6 Å². The van der Waals surface area contributed by atoms with Crippen LogP contribution in [0.2, 0.25) is 0 Å². The number of carbonyl (C=O) groups excluding carboxylic acids is 3. The molecule has 0 bridgehead atoms. The maximum Gasteiger partial charge on any atom is 0.308 e. The fraction of sp³-hybridized carbons (Fsp3) is 0.933. The summed E-state index contributed by atoms with van der Waals surface area (Å²) >= 11 is 0. The van der Waals surface area contributed by atoms with Crippen LogP contribution in [0, 0.1) is 0 Å². The largest absolute Gasteiger partial charge is 0.550 e. The average molecular weight is 756 g/mol. The second-order valence-corrected chi connectivity index (χ2v) is 16.2. The number of hydrogen-bond acceptors (Lipinski definition) is 7. The number of hydrogen-bond donors (Lipinski definition) is 1. The van der Waals surface area contributed by atoms with E-state index in [0.717, 1.165) is 45.4 Å². The lowest BCUT2D eigenvalue weighted by Gasteiger charge is -2.30. The van der Waals surface area contributed by atoms with E-state index >= 15 is 0 Å². The Kier molecular flexibility index (Phi) is 41.8. The number of unbranched alkanes of at least 4 members (excludes halogenated alkanes) is 28. The molecular formula is C45H89NO7. The molecule has 0 aliphatic heterocycles. The number of aliphatic carboxylic acids is 1. The van der Waals surface area contributed by atoms with E-state index in [1.807, 2.05) is 14.1 Å². The molecule has 0 fully saturated rings. The Balaban J connectivity index is 0. The highest BCUT2D eigenvalue weighted by atomic mass is 16.7. The zero-order chi connectivity index (χ0) is 39.7. The van der Waals surface area contributed by atoms with Gasteiger partial charge >= 0.3 is 11.9 Å². The van der Waals surface area contributed by atoms with Crippen LogP contribution in [-0.2, 0) is 23.9 Å². The molecule has 53 heavy (non-hydrogen) atoms. The number of carboxylic acids is 1. The van der Waals surface area contributed by atoms with Gasteiger partial charge in [0.25, 0.3) is 6.29 Å². The summed E-state index contributed by atoms with van der Waals surface area (Å²) in [6, 6.07) is 0. The molecule has 0 unspecified atom stereocenters. The highest BCUT2D eigenvalue weighted by molar-refractivity contribution is 5.71. The van der Waals surface area contributed by atoms with Crippen LogP contribution in [0.25, 0.3) is 0 Å². The van der Waals surface area contributed by atoms with Crippen LogP contribution in [0.5, 0.6) is 0 Å². The van der Waals surface area contributed by atoms with Gasteiger partial charge in [0.1, 0.15) is 6.54 Å². The highest BCUT2D eigenvalue weighted by Gasteiger charge is 2.24. The van der Waals surface area contributed by atoms with Gasteiger partial charge in [0, 0.05) is 18.8 Å². The lowest BCUT2D eigenvalue weighted by Crippen LogP contribution is -2.44. The summed E-state index contributed by atoms with van der Waals surface area (Å²) in [5.74, 6) is -1.63. The molecule has 316 valence electrons. The third-order valence-electron chi connectivity index (χ3n) is 10.2. The van der Waals surface area contributed by atoms with E-state index in [1.165, 1.54) is 154 Å². The molecule has 0 amide bonds. The van der Waals surface area contributed by atoms with Crippen molar-refractivity contribution in [3.8, 4) is 0 Å². The fourth-order valence-corrected chi connectivity index (χ4v) is 6.67. The minimum atomic E-state index is -1.08. The van der Waals surface area contributed by atoms with Crippen LogP contribution < -0.4 is 5.11 Å². The number of aliphatic hydroxyl groups excluding tert-OH is 1. The third kappa shape index (κ3) is 46.4. The van der Waals surface area contributed by atoms with Crippen molar-refractivity contribution in [3.05, 3.63) is 0 Å². The molecule has 0 aliphatic rings. The molecule has 0 heterocycles. The van der Waals surface area contributed by atoms with Gasteiger partial charge in [-0.1, -0.05) is 194 Å². The summed E-state index contributed by atoms with van der Waals surface area (Å²) in [4.78, 5) is 34.2. The van der Waals surface area contributed by atoms with E-state index < -0.39 is 12.3 Å². The minimum Gasteiger partial charge on any atom is -0.550 e. The Morgan fingerprint density at radius 3 is 0.981 bits per heavy atom. The molecule has 8 nitrogen and oxygen atoms in total. The number of carboxylic acid groups (broad SMARTS) is 1. The van der Waals surface area contributed by atoms with Crippen molar-refractivity contribution >= 4 is 17.9 Å². The van der Waals surface area contributed by atoms with Crippen LogP contribution in [-0.4, -0.2) is 67.6 Å². The molecule has 0 aromatic heterocycles. The van der Waals surface area contributed by atoms with E-state index in [2.05, 4.69) is 13.8 Å². The third-order valence-corrected chi connectivity index (χ3v) is 10.2. The van der Waals surface area contributed by atoms with Gasteiger partial charge in [-0.15, -0.1) is 0 Å². The van der Waals surface area contributed by atoms with E-state index in [9.17, 15) is 14.7 Å². The van der Waals surface area contributed by atoms with Crippen LogP contribution >= 0.6 is 0 Å². The van der Waals surface area contributed by atoms with Gasteiger partial charge in [-0.05, 0) is 19.8 Å². The molecule has 0 aromatic carbocycles. The zero-order valence-corrected chi connectivity index (χ0v) is 35.9. The number of likely N-dealkylation sites (N-methyl/N-ethyl adjacent to an activating group) is 1. The van der Waals surface area contributed by atoms with Gasteiger partial charge in [0.15, 0.2) is 0 Å². The van der Waals surface area contributed by atoms with Gasteiger partial charge in [-0.2, -0.15) is 0 Å². The summed E-state index contributed by atoms with van der Waals surface area (Å²) < 4.78 is 12.0. The van der Waals surface area contributed by atoms with Crippen LogP contribution in [0.3, 0.4) is 0 Å². The second-order valence-electron chi connectivity index (χ2n) is 16.2. The van der Waals surface area contributed by atoms with E-state index in [-0.39, 0.29) is 18.5 Å². The van der Waals surface area contributed by atoms with Crippen molar-refractivity contribution in [1.29, 1.82) is 0 Å². The van der Waals surface area contributed by atoms with Crippen LogP contribution in [0.1, 0.15) is 233 Å². The molecule has 1 N–H and O–H groups in total. The summed E-state index contributed by atoms with van der Waals surface area (Å²) in [6.45, 7) is 6.87. The van der Waals surface area contributed by atoms with E-state index in [1.54, 1.807) is 0 Å². The normalized spacial score (nSPS) is 11.4. The zero-order valence-electron chi connectivity index (χ0n) is 35.9. The number of esters is 2. The van der Waals surface area contributed by atoms with Gasteiger partial charge in [0.05, 0.1) is 33.7 Å². The monoisotopic (exact) mass is 756 g/mol. The molecular weight excluding hydrogens is 666 g/mol. The number of carbonyl (C=O) groups is 3. The lowest BCUT2D eigenvalue weighted by molar-refractivity contribution is -0.891. The highest BCUT2D eigenvalue weighted by Crippen LogP contribution is 2.17. The fourth-order valence-electron chi connectivity index (χ4n) is 6.67. The van der Waals surface area contributed by atoms with Crippen molar-refractivity contribution in [3.63, 3.8) is 0 Å². The van der Waals surface area contributed by atoms with E-state index in [4.69, 9.17) is 19.4 Å². The minimum absolute atomic E-state index is 0.0929. The van der Waals surface area contributed by atoms with E-state index in [0.29, 0.717) is 36.8 Å². The molecule has 0 rings (SSSR count). The topological polar surface area (TPSA) is 113 Å². The molecule has 0 radical (unpaired) electrons. The Hall–Kier alpha value is -1.67. The van der Waals surface area contributed by atoms with Crippen LogP contribution in [0.15, 0.2) is 0 Å². The van der Waals surface area contributed by atoms with Crippen molar-refractivity contribution in [2.45, 2.75) is 239 Å². The van der Waals surface area contributed by atoms with Crippen molar-refractivity contribution in [1.82, 2.24) is 0 Å². The summed E-state index contributed by atoms with van der Waals surface area (Å²) in [6.07, 6.45) is 39.1. The molecule has 0 saturated heterocycles. The van der Waals surface area contributed by atoms with Gasteiger partial charge in [-0.3, -0.25) is 9.59 Å². The van der Waals surface area contributed by atoms with Gasteiger partial charge < -0.3 is 29.0 Å².